The molecule has 2 atom stereocenters. The molecule has 212 valence electrons. The predicted molar refractivity (Wildman–Crippen MR) is 141 cm³/mol. The summed E-state index contributed by atoms with van der Waals surface area (Å²) in [5.41, 5.74) is 0.432. The number of carbonyl (C=O) groups is 1. The Morgan fingerprint density at radius 1 is 1.27 bits per heavy atom. The average Bonchev–Trinajstić information content (AvgIpc) is 3.55. The zero-order valence-electron chi connectivity index (χ0n) is 21.9. The summed E-state index contributed by atoms with van der Waals surface area (Å²) in [4.78, 5) is 25.8. The van der Waals surface area contributed by atoms with Gasteiger partial charge in [-0.15, -0.1) is 0 Å². The molecule has 8 nitrogen and oxygen atoms in total. The lowest BCUT2D eigenvalue weighted by molar-refractivity contribution is 0.0996. The van der Waals surface area contributed by atoms with Gasteiger partial charge in [0.05, 0.1) is 30.0 Å². The van der Waals surface area contributed by atoms with Crippen LogP contribution in [0.5, 0.6) is 11.8 Å². The molecule has 2 fully saturated rings. The molecule has 2 saturated heterocycles. The molecule has 1 amide bonds. The number of hydrogen-bond donors (Lipinski definition) is 2. The standard InChI is InChI=1S/C28H29F4N5O3/c1-2-18-19(30)5-4-15-8-17(38)9-21(23(15)18)37-13-20-24(26(37)39)25(33-11-22(31)32)35-27(34-20)40-14-28-6-3-7-36(28)12-16(29)10-28/h4-5,8-9,16,22,38H,2-3,6-7,10-14H2,1H3,(H,33,34,35)/t16-,28+/m1/s1. The van der Waals surface area contributed by atoms with Crippen molar-refractivity contribution in [1.29, 1.82) is 0 Å². The molecule has 2 N–H and O–H groups in total. The molecule has 0 aliphatic carbocycles. The van der Waals surface area contributed by atoms with Crippen LogP contribution in [-0.4, -0.2) is 70.3 Å². The monoisotopic (exact) mass is 559 g/mol. The largest absolute Gasteiger partial charge is 0.508 e. The molecule has 0 saturated carbocycles. The van der Waals surface area contributed by atoms with E-state index in [2.05, 4.69) is 20.2 Å². The molecule has 0 bridgehead atoms. The van der Waals surface area contributed by atoms with Gasteiger partial charge in [0.1, 0.15) is 35.7 Å². The Kier molecular flexibility index (Phi) is 6.68. The molecule has 3 aromatic rings. The maximum atomic E-state index is 14.8. The van der Waals surface area contributed by atoms with E-state index >= 15 is 0 Å². The summed E-state index contributed by atoms with van der Waals surface area (Å²) in [6, 6.07) is 5.60. The zero-order valence-corrected chi connectivity index (χ0v) is 21.9. The molecule has 0 unspecified atom stereocenters. The molecule has 3 aliphatic rings. The van der Waals surface area contributed by atoms with Crippen LogP contribution in [0.15, 0.2) is 24.3 Å². The Balaban J connectivity index is 1.37. The minimum atomic E-state index is -2.71. The maximum Gasteiger partial charge on any atom is 0.318 e. The number of aromatic hydroxyl groups is 1. The molecule has 6 rings (SSSR count). The second-order valence-electron chi connectivity index (χ2n) is 10.6. The molecule has 4 heterocycles. The fourth-order valence-corrected chi connectivity index (χ4v) is 6.42. The van der Waals surface area contributed by atoms with Gasteiger partial charge in [0.2, 0.25) is 0 Å². The van der Waals surface area contributed by atoms with Crippen LogP contribution in [0.4, 0.5) is 29.1 Å². The van der Waals surface area contributed by atoms with Gasteiger partial charge in [-0.2, -0.15) is 9.97 Å². The number of amides is 1. The third-order valence-electron chi connectivity index (χ3n) is 8.16. The van der Waals surface area contributed by atoms with E-state index in [-0.39, 0.29) is 47.7 Å². The van der Waals surface area contributed by atoms with Gasteiger partial charge in [-0.3, -0.25) is 9.69 Å². The number of anilines is 2. The molecule has 1 aromatic heterocycles. The molecule has 0 spiro atoms. The first-order valence-electron chi connectivity index (χ1n) is 13.4. The van der Waals surface area contributed by atoms with E-state index < -0.39 is 36.4 Å². The number of phenols is 1. The summed E-state index contributed by atoms with van der Waals surface area (Å²) in [5, 5.41) is 14.0. The number of nitrogens with zero attached hydrogens (tertiary/aromatic N) is 4. The van der Waals surface area contributed by atoms with Crippen molar-refractivity contribution in [2.75, 3.05) is 36.5 Å². The number of carbonyl (C=O) groups excluding carboxylic acids is 1. The Hall–Kier alpha value is -3.67. The van der Waals surface area contributed by atoms with Crippen LogP contribution in [0.25, 0.3) is 10.8 Å². The van der Waals surface area contributed by atoms with Crippen LogP contribution in [0.1, 0.15) is 47.8 Å². The fourth-order valence-electron chi connectivity index (χ4n) is 6.42. The summed E-state index contributed by atoms with van der Waals surface area (Å²) >= 11 is 0. The predicted octanol–water partition coefficient (Wildman–Crippen LogP) is 4.83. The number of ether oxygens (including phenoxy) is 1. The van der Waals surface area contributed by atoms with Crippen molar-refractivity contribution < 1.29 is 32.2 Å². The number of benzene rings is 2. The fraction of sp³-hybridized carbons (Fsp3) is 0.464. The van der Waals surface area contributed by atoms with Gasteiger partial charge in [-0.05, 0) is 48.9 Å². The molecule has 40 heavy (non-hydrogen) atoms. The van der Waals surface area contributed by atoms with Crippen LogP contribution in [0.3, 0.4) is 0 Å². The van der Waals surface area contributed by atoms with E-state index in [1.807, 2.05) is 0 Å². The second kappa shape index (κ2) is 10.1. The first kappa shape index (κ1) is 26.5. The number of halogens is 4. The van der Waals surface area contributed by atoms with Crippen LogP contribution >= 0.6 is 0 Å². The Labute approximate surface area is 228 Å². The zero-order chi connectivity index (χ0) is 28.2. The molecule has 2 aromatic carbocycles. The summed E-state index contributed by atoms with van der Waals surface area (Å²) < 4.78 is 61.2. The number of hydrogen-bond acceptors (Lipinski definition) is 7. The van der Waals surface area contributed by atoms with Gasteiger partial charge in [-0.25, -0.2) is 17.6 Å². The SMILES string of the molecule is CCc1c(F)ccc2cc(O)cc(N3Cc4nc(OC[C@@]56CCCN5C[C@H](F)C6)nc(NCC(F)F)c4C3=O)c12. The third kappa shape index (κ3) is 4.47. The van der Waals surface area contributed by atoms with Crippen LogP contribution in [0, 0.1) is 5.82 Å². The molecule has 12 heteroatoms. The van der Waals surface area contributed by atoms with Crippen molar-refractivity contribution in [3.05, 3.63) is 46.9 Å². The molecule has 0 radical (unpaired) electrons. The van der Waals surface area contributed by atoms with Crippen LogP contribution < -0.4 is 15.0 Å². The number of nitrogens with one attached hydrogen (secondary N) is 1. The highest BCUT2D eigenvalue weighted by molar-refractivity contribution is 6.16. The van der Waals surface area contributed by atoms with Gasteiger partial charge < -0.3 is 20.1 Å². The van der Waals surface area contributed by atoms with Crippen LogP contribution in [-0.2, 0) is 13.0 Å². The average molecular weight is 560 g/mol. The van der Waals surface area contributed by atoms with Crippen molar-refractivity contribution >= 4 is 28.2 Å². The summed E-state index contributed by atoms with van der Waals surface area (Å²) in [6.45, 7) is 2.22. The highest BCUT2D eigenvalue weighted by Crippen LogP contribution is 2.42. The van der Waals surface area contributed by atoms with Crippen molar-refractivity contribution in [2.24, 2.45) is 0 Å². The van der Waals surface area contributed by atoms with Crippen molar-refractivity contribution in [2.45, 2.75) is 57.3 Å². The number of aromatic nitrogens is 2. The smallest absolute Gasteiger partial charge is 0.318 e. The van der Waals surface area contributed by atoms with Gasteiger partial charge in [0, 0.05) is 24.4 Å². The minimum Gasteiger partial charge on any atom is -0.508 e. The van der Waals surface area contributed by atoms with Gasteiger partial charge in [-0.1, -0.05) is 13.0 Å². The number of aryl methyl sites for hydroxylation is 1. The number of phenolic OH excluding ortho intramolecular Hbond substituents is 1. The van der Waals surface area contributed by atoms with Crippen molar-refractivity contribution in [1.82, 2.24) is 14.9 Å². The summed E-state index contributed by atoms with van der Waals surface area (Å²) in [7, 11) is 0. The highest BCUT2D eigenvalue weighted by atomic mass is 19.3. The Bertz CT molecular complexity index is 1490. The van der Waals surface area contributed by atoms with E-state index in [0.717, 1.165) is 19.4 Å². The van der Waals surface area contributed by atoms with E-state index in [0.29, 0.717) is 35.7 Å². The third-order valence-corrected chi connectivity index (χ3v) is 8.16. The van der Waals surface area contributed by atoms with Crippen molar-refractivity contribution in [3.8, 4) is 11.8 Å². The number of fused-ring (bicyclic) bond motifs is 3. The second-order valence-corrected chi connectivity index (χ2v) is 10.6. The van der Waals surface area contributed by atoms with Crippen molar-refractivity contribution in [3.63, 3.8) is 0 Å². The Morgan fingerprint density at radius 3 is 2.88 bits per heavy atom. The lowest BCUT2D eigenvalue weighted by Gasteiger charge is -2.30. The van der Waals surface area contributed by atoms with E-state index in [1.165, 1.54) is 29.2 Å². The topological polar surface area (TPSA) is 90.8 Å². The quantitative estimate of drug-likeness (QED) is 0.382. The Morgan fingerprint density at radius 2 is 2.10 bits per heavy atom. The molecular weight excluding hydrogens is 530 g/mol. The van der Waals surface area contributed by atoms with E-state index in [9.17, 15) is 27.5 Å². The summed E-state index contributed by atoms with van der Waals surface area (Å²) in [6.07, 6.45) is -1.30. The van der Waals surface area contributed by atoms with E-state index in [1.54, 1.807) is 6.92 Å². The maximum absolute atomic E-state index is 14.8. The van der Waals surface area contributed by atoms with Crippen LogP contribution in [0.2, 0.25) is 0 Å². The van der Waals surface area contributed by atoms with Gasteiger partial charge in [0.15, 0.2) is 0 Å². The van der Waals surface area contributed by atoms with Gasteiger partial charge >= 0.3 is 6.01 Å². The summed E-state index contributed by atoms with van der Waals surface area (Å²) in [5.74, 6) is -1.24. The molecule has 3 aliphatic heterocycles. The molecular formula is C28H29F4N5O3. The first-order valence-corrected chi connectivity index (χ1v) is 13.4. The number of alkyl halides is 3. The lowest BCUT2D eigenvalue weighted by atomic mass is 9.95. The first-order chi connectivity index (χ1) is 19.2. The van der Waals surface area contributed by atoms with E-state index in [4.69, 9.17) is 4.74 Å². The van der Waals surface area contributed by atoms with Gasteiger partial charge in [0.25, 0.3) is 12.3 Å². The highest BCUT2D eigenvalue weighted by Gasteiger charge is 2.49. The number of rotatable bonds is 8. The lowest BCUT2D eigenvalue weighted by Crippen LogP contribution is -2.43. The minimum absolute atomic E-state index is 0.00397. The normalized spacial score (nSPS) is 22.4.